The standard InChI is InChI=1S/C12H10N2O2/c15-7-4-9-2-1-3-10-12(9)16-8-11-13-5-6-14(10)11/h1-3,5-7H,4,8H2/q+1. The molecule has 0 N–H and O–H groups in total. The molecule has 4 nitrogen and oxygen atoms in total. The predicted molar refractivity (Wildman–Crippen MR) is 60.1 cm³/mol. The summed E-state index contributed by atoms with van der Waals surface area (Å²) in [5.41, 5.74) is 1.88. The van der Waals surface area contributed by atoms with Crippen molar-refractivity contribution in [3.63, 3.8) is 0 Å². The zero-order valence-electron chi connectivity index (χ0n) is 8.59. The Balaban J connectivity index is 2.11. The molecule has 2 aliphatic rings. The number of hydrogen-bond acceptors (Lipinski definition) is 4. The summed E-state index contributed by atoms with van der Waals surface area (Å²) < 4.78 is 5.65. The Bertz CT molecular complexity index is 506. The van der Waals surface area contributed by atoms with Crippen molar-refractivity contribution in [3.8, 4) is 5.75 Å². The normalized spacial score (nSPS) is 17.4. The first-order valence-electron chi connectivity index (χ1n) is 5.11. The van der Waals surface area contributed by atoms with E-state index in [1.165, 1.54) is 0 Å². The van der Waals surface area contributed by atoms with Gasteiger partial charge < -0.3 is 9.53 Å². The van der Waals surface area contributed by atoms with Gasteiger partial charge in [0.25, 0.3) is 0 Å². The molecule has 1 radical (unpaired) electrons. The molecule has 4 heteroatoms. The lowest BCUT2D eigenvalue weighted by atomic mass is 10.1. The first-order chi connectivity index (χ1) is 7.90. The molecule has 0 aliphatic carbocycles. The second-order valence-electron chi connectivity index (χ2n) is 3.64. The summed E-state index contributed by atoms with van der Waals surface area (Å²) in [7, 11) is 0. The lowest BCUT2D eigenvalue weighted by Crippen LogP contribution is -2.34. The summed E-state index contributed by atoms with van der Waals surface area (Å²) in [5, 5.41) is 0. The second-order valence-corrected chi connectivity index (χ2v) is 3.64. The van der Waals surface area contributed by atoms with E-state index in [0.29, 0.717) is 13.0 Å². The van der Waals surface area contributed by atoms with Gasteiger partial charge in [0.15, 0.2) is 18.6 Å². The number of amidine groups is 1. The minimum atomic E-state index is 0.382. The molecule has 0 aromatic heterocycles. The summed E-state index contributed by atoms with van der Waals surface area (Å²) in [5.74, 6) is 1.68. The van der Waals surface area contributed by atoms with Crippen molar-refractivity contribution in [1.29, 1.82) is 0 Å². The highest BCUT2D eigenvalue weighted by molar-refractivity contribution is 5.96. The topological polar surface area (TPSA) is 44.6 Å². The number of nitrogens with zero attached hydrogens (tertiary/aromatic N) is 2. The number of hydrogen-bond donors (Lipinski definition) is 0. The van der Waals surface area contributed by atoms with Crippen LogP contribution >= 0.6 is 0 Å². The fourth-order valence-electron chi connectivity index (χ4n) is 1.98. The van der Waals surface area contributed by atoms with E-state index in [1.54, 1.807) is 6.20 Å². The van der Waals surface area contributed by atoms with Crippen molar-refractivity contribution in [3.05, 3.63) is 36.2 Å². The van der Waals surface area contributed by atoms with Gasteiger partial charge in [0.1, 0.15) is 6.29 Å². The van der Waals surface area contributed by atoms with Gasteiger partial charge in [0.2, 0.25) is 5.69 Å². The van der Waals surface area contributed by atoms with Gasteiger partial charge in [-0.15, -0.1) is 0 Å². The van der Waals surface area contributed by atoms with Crippen LogP contribution in [-0.2, 0) is 11.2 Å². The van der Waals surface area contributed by atoms with Crippen molar-refractivity contribution in [2.24, 2.45) is 4.99 Å². The smallest absolute Gasteiger partial charge is 0.301 e. The molecule has 0 fully saturated rings. The highest BCUT2D eigenvalue weighted by Gasteiger charge is 2.37. The van der Waals surface area contributed by atoms with Crippen molar-refractivity contribution >= 4 is 17.8 Å². The Kier molecular flexibility index (Phi) is 2.08. The Morgan fingerprint density at radius 2 is 2.44 bits per heavy atom. The minimum absolute atomic E-state index is 0.382. The van der Waals surface area contributed by atoms with Gasteiger partial charge >= 0.3 is 5.84 Å². The van der Waals surface area contributed by atoms with Crippen LogP contribution in [0.3, 0.4) is 0 Å². The van der Waals surface area contributed by atoms with E-state index in [0.717, 1.165) is 29.1 Å². The van der Waals surface area contributed by atoms with Crippen LogP contribution in [-0.4, -0.2) is 18.7 Å². The van der Waals surface area contributed by atoms with E-state index in [1.807, 2.05) is 29.3 Å². The van der Waals surface area contributed by atoms with E-state index >= 15 is 0 Å². The molecule has 1 aromatic carbocycles. The first-order valence-corrected chi connectivity index (χ1v) is 5.11. The van der Waals surface area contributed by atoms with Crippen LogP contribution in [0.25, 0.3) is 0 Å². The van der Waals surface area contributed by atoms with Gasteiger partial charge in [-0.25, -0.2) is 0 Å². The average molecular weight is 214 g/mol. The molecule has 0 atom stereocenters. The highest BCUT2D eigenvalue weighted by atomic mass is 16.5. The lowest BCUT2D eigenvalue weighted by Gasteiger charge is -2.18. The number of anilines is 1. The lowest BCUT2D eigenvalue weighted by molar-refractivity contribution is -0.107. The third kappa shape index (κ3) is 1.27. The molecule has 16 heavy (non-hydrogen) atoms. The van der Waals surface area contributed by atoms with Gasteiger partial charge in [-0.05, 0) is 4.90 Å². The van der Waals surface area contributed by atoms with E-state index in [-0.39, 0.29) is 0 Å². The maximum absolute atomic E-state index is 10.6. The van der Waals surface area contributed by atoms with Gasteiger partial charge in [-0.1, -0.05) is 12.1 Å². The van der Waals surface area contributed by atoms with Crippen LogP contribution in [0, 0.1) is 0 Å². The van der Waals surface area contributed by atoms with E-state index in [9.17, 15) is 4.79 Å². The fourth-order valence-corrected chi connectivity index (χ4v) is 1.98. The van der Waals surface area contributed by atoms with E-state index < -0.39 is 0 Å². The second kappa shape index (κ2) is 3.57. The minimum Gasteiger partial charge on any atom is -0.474 e. The van der Waals surface area contributed by atoms with Crippen LogP contribution in [0.1, 0.15) is 5.56 Å². The Morgan fingerprint density at radius 3 is 3.31 bits per heavy atom. The summed E-state index contributed by atoms with van der Waals surface area (Å²) in [6.07, 6.45) is 4.93. The van der Waals surface area contributed by atoms with Crippen LogP contribution < -0.4 is 9.64 Å². The monoisotopic (exact) mass is 214 g/mol. The number of carbonyl (C=O) groups excluding carboxylic acids is 1. The van der Waals surface area contributed by atoms with Crippen LogP contribution in [0.15, 0.2) is 35.6 Å². The van der Waals surface area contributed by atoms with E-state index in [2.05, 4.69) is 4.99 Å². The molecular formula is C12H10N2O2+. The number of rotatable bonds is 2. The molecule has 0 unspecified atom stereocenters. The zero-order valence-corrected chi connectivity index (χ0v) is 8.59. The van der Waals surface area contributed by atoms with Gasteiger partial charge in [0.05, 0.1) is 6.20 Å². The molecule has 0 bridgehead atoms. The molecule has 3 rings (SSSR count). The first kappa shape index (κ1) is 9.30. The number of aliphatic imine (C=N–C) groups is 1. The molecule has 0 spiro atoms. The number of benzene rings is 1. The summed E-state index contributed by atoms with van der Waals surface area (Å²) in [6, 6.07) is 5.80. The molecule has 1 aromatic rings. The zero-order chi connectivity index (χ0) is 11.0. The van der Waals surface area contributed by atoms with Crippen LogP contribution in [0.5, 0.6) is 5.75 Å². The third-order valence-corrected chi connectivity index (χ3v) is 2.70. The SMILES string of the molecule is O=CCc1cccc2c1OCC1=NC=C[N+]12. The van der Waals surface area contributed by atoms with Gasteiger partial charge in [-0.3, -0.25) is 0 Å². The average Bonchev–Trinajstić information content (AvgIpc) is 2.78. The van der Waals surface area contributed by atoms with Gasteiger partial charge in [0, 0.05) is 18.1 Å². The number of para-hydroxylation sites is 1. The third-order valence-electron chi connectivity index (χ3n) is 2.70. The molecule has 2 heterocycles. The maximum Gasteiger partial charge on any atom is 0.301 e. The molecule has 2 aliphatic heterocycles. The fraction of sp³-hybridized carbons (Fsp3) is 0.167. The maximum atomic E-state index is 10.6. The van der Waals surface area contributed by atoms with Crippen molar-refractivity contribution < 1.29 is 9.53 Å². The van der Waals surface area contributed by atoms with E-state index in [4.69, 9.17) is 4.74 Å². The van der Waals surface area contributed by atoms with Crippen molar-refractivity contribution in [2.45, 2.75) is 6.42 Å². The molecule has 0 amide bonds. The van der Waals surface area contributed by atoms with Crippen LogP contribution in [0.2, 0.25) is 0 Å². The summed E-state index contributed by atoms with van der Waals surface area (Å²) in [4.78, 5) is 16.8. The van der Waals surface area contributed by atoms with Crippen molar-refractivity contribution in [2.75, 3.05) is 6.61 Å². The van der Waals surface area contributed by atoms with Crippen molar-refractivity contribution in [1.82, 2.24) is 4.90 Å². The number of fused-ring (bicyclic) bond motifs is 3. The Labute approximate surface area is 92.9 Å². The molecule has 79 valence electrons. The summed E-state index contributed by atoms with van der Waals surface area (Å²) >= 11 is 0. The number of ether oxygens (including phenoxy) is 1. The predicted octanol–water partition coefficient (Wildman–Crippen LogP) is 1.48. The summed E-state index contributed by atoms with van der Waals surface area (Å²) in [6.45, 7) is 0.454. The quantitative estimate of drug-likeness (QED) is 0.552. The number of aldehydes is 1. The molecule has 0 saturated carbocycles. The molecule has 0 saturated heterocycles. The highest BCUT2D eigenvalue weighted by Crippen LogP contribution is 2.36. The Hall–Kier alpha value is -1.94. The van der Waals surface area contributed by atoms with Crippen LogP contribution in [0.4, 0.5) is 5.69 Å². The Morgan fingerprint density at radius 1 is 1.50 bits per heavy atom. The number of carbonyl (C=O) groups is 1. The van der Waals surface area contributed by atoms with Gasteiger partial charge in [-0.2, -0.15) is 4.99 Å². The molecular weight excluding hydrogens is 204 g/mol. The largest absolute Gasteiger partial charge is 0.474 e.